The second-order valence-corrected chi connectivity index (χ2v) is 5.37. The molecule has 0 atom stereocenters. The van der Waals surface area contributed by atoms with E-state index in [9.17, 15) is 0 Å². The minimum Gasteiger partial charge on any atom is -0.477 e. The number of benzene rings is 1. The minimum atomic E-state index is 0.623. The summed E-state index contributed by atoms with van der Waals surface area (Å²) in [6.07, 6.45) is 1.98. The predicted molar refractivity (Wildman–Crippen MR) is 88.7 cm³/mol. The molecule has 1 heterocycles. The van der Waals surface area contributed by atoms with Gasteiger partial charge in [0.25, 0.3) is 0 Å². The molecule has 112 valence electrons. The van der Waals surface area contributed by atoms with E-state index in [-0.39, 0.29) is 0 Å². The third kappa shape index (κ3) is 4.57. The van der Waals surface area contributed by atoms with Crippen molar-refractivity contribution >= 4 is 10.8 Å². The van der Waals surface area contributed by atoms with Crippen molar-refractivity contribution < 1.29 is 4.74 Å². The van der Waals surface area contributed by atoms with Gasteiger partial charge in [0.15, 0.2) is 0 Å². The van der Waals surface area contributed by atoms with E-state index in [1.807, 2.05) is 19.1 Å². The molecule has 0 aliphatic heterocycles. The first-order valence-electron chi connectivity index (χ1n) is 7.57. The van der Waals surface area contributed by atoms with Crippen molar-refractivity contribution in [1.82, 2.24) is 10.3 Å². The van der Waals surface area contributed by atoms with Crippen molar-refractivity contribution in [2.24, 2.45) is 0 Å². The molecule has 2 aromatic rings. The Morgan fingerprint density at radius 2 is 2.14 bits per heavy atom. The van der Waals surface area contributed by atoms with Crippen molar-refractivity contribution in [3.8, 4) is 5.88 Å². The van der Waals surface area contributed by atoms with Gasteiger partial charge in [-0.2, -0.15) is 0 Å². The average molecular weight is 284 g/mol. The Kier molecular flexibility index (Phi) is 5.76. The van der Waals surface area contributed by atoms with Gasteiger partial charge in [0, 0.05) is 18.4 Å². The lowest BCUT2D eigenvalue weighted by Crippen LogP contribution is -2.15. The number of hydrogen-bond donors (Lipinski definition) is 1. The van der Waals surface area contributed by atoms with E-state index >= 15 is 0 Å². The number of rotatable bonds is 8. The van der Waals surface area contributed by atoms with E-state index in [0.29, 0.717) is 6.61 Å². The van der Waals surface area contributed by atoms with Crippen LogP contribution in [0.25, 0.3) is 10.8 Å². The van der Waals surface area contributed by atoms with Crippen LogP contribution in [0.5, 0.6) is 5.88 Å². The first kappa shape index (κ1) is 15.5. The van der Waals surface area contributed by atoms with Gasteiger partial charge in [0.2, 0.25) is 5.88 Å². The lowest BCUT2D eigenvalue weighted by atomic mass is 10.1. The van der Waals surface area contributed by atoms with Crippen LogP contribution in [-0.2, 0) is 6.54 Å². The van der Waals surface area contributed by atoms with Crippen LogP contribution >= 0.6 is 0 Å². The summed E-state index contributed by atoms with van der Waals surface area (Å²) < 4.78 is 5.88. The van der Waals surface area contributed by atoms with E-state index in [1.54, 1.807) is 0 Å². The molecule has 0 radical (unpaired) electrons. The number of nitrogens with zero attached hydrogens (tertiary/aromatic N) is 1. The molecular weight excluding hydrogens is 260 g/mol. The highest BCUT2D eigenvalue weighted by Gasteiger charge is 2.07. The Balaban J connectivity index is 2.20. The van der Waals surface area contributed by atoms with Gasteiger partial charge in [-0.05, 0) is 37.4 Å². The maximum Gasteiger partial charge on any atom is 0.221 e. The van der Waals surface area contributed by atoms with Gasteiger partial charge in [0.1, 0.15) is 0 Å². The first-order chi connectivity index (χ1) is 10.2. The van der Waals surface area contributed by atoms with Crippen LogP contribution in [-0.4, -0.2) is 18.1 Å². The topological polar surface area (TPSA) is 34.1 Å². The fourth-order valence-electron chi connectivity index (χ4n) is 2.14. The SMILES string of the molecule is C=C(C)CCOc1nc(CNCCC)cc2ccccc12. The molecule has 3 nitrogen and oxygen atoms in total. The van der Waals surface area contributed by atoms with Crippen LogP contribution in [0.4, 0.5) is 0 Å². The van der Waals surface area contributed by atoms with Crippen molar-refractivity contribution in [1.29, 1.82) is 0 Å². The number of ether oxygens (including phenoxy) is 1. The number of nitrogens with one attached hydrogen (secondary N) is 1. The molecule has 0 amide bonds. The normalized spacial score (nSPS) is 10.8. The first-order valence-corrected chi connectivity index (χ1v) is 7.57. The largest absolute Gasteiger partial charge is 0.477 e. The van der Waals surface area contributed by atoms with Crippen LogP contribution in [0.15, 0.2) is 42.5 Å². The fourth-order valence-corrected chi connectivity index (χ4v) is 2.14. The van der Waals surface area contributed by atoms with E-state index in [2.05, 4.69) is 42.0 Å². The second-order valence-electron chi connectivity index (χ2n) is 5.37. The van der Waals surface area contributed by atoms with Gasteiger partial charge in [-0.3, -0.25) is 0 Å². The zero-order valence-corrected chi connectivity index (χ0v) is 13.0. The molecule has 1 N–H and O–H groups in total. The Hall–Kier alpha value is -1.87. The Labute approximate surface area is 127 Å². The summed E-state index contributed by atoms with van der Waals surface area (Å²) in [7, 11) is 0. The summed E-state index contributed by atoms with van der Waals surface area (Å²) in [5.41, 5.74) is 2.15. The van der Waals surface area contributed by atoms with Crippen LogP contribution in [0.3, 0.4) is 0 Å². The summed E-state index contributed by atoms with van der Waals surface area (Å²) in [6.45, 7) is 10.5. The minimum absolute atomic E-state index is 0.623. The van der Waals surface area contributed by atoms with Gasteiger partial charge in [0.05, 0.1) is 12.3 Å². The smallest absolute Gasteiger partial charge is 0.221 e. The lowest BCUT2D eigenvalue weighted by Gasteiger charge is -2.11. The maximum absolute atomic E-state index is 5.88. The third-order valence-corrected chi connectivity index (χ3v) is 3.26. The molecular formula is C18H24N2O. The van der Waals surface area contributed by atoms with Crippen molar-refractivity contribution in [3.63, 3.8) is 0 Å². The molecule has 3 heteroatoms. The van der Waals surface area contributed by atoms with Gasteiger partial charge in [-0.25, -0.2) is 4.98 Å². The van der Waals surface area contributed by atoms with E-state index in [4.69, 9.17) is 4.74 Å². The summed E-state index contributed by atoms with van der Waals surface area (Å²) in [5, 5.41) is 5.63. The highest BCUT2D eigenvalue weighted by Crippen LogP contribution is 2.24. The zero-order valence-electron chi connectivity index (χ0n) is 13.0. The monoisotopic (exact) mass is 284 g/mol. The molecule has 1 aromatic carbocycles. The van der Waals surface area contributed by atoms with Gasteiger partial charge in [-0.1, -0.05) is 30.7 Å². The molecule has 0 saturated carbocycles. The number of aromatic nitrogens is 1. The standard InChI is InChI=1S/C18H24N2O/c1-4-10-19-13-16-12-15-7-5-6-8-17(15)18(20-16)21-11-9-14(2)3/h5-8,12,19H,2,4,9-11,13H2,1,3H3. The number of fused-ring (bicyclic) bond motifs is 1. The maximum atomic E-state index is 5.88. The molecule has 0 aliphatic rings. The Bertz CT molecular complexity index is 607. The number of hydrogen-bond acceptors (Lipinski definition) is 3. The van der Waals surface area contributed by atoms with Gasteiger partial charge in [-0.15, -0.1) is 6.58 Å². The van der Waals surface area contributed by atoms with Crippen LogP contribution in [0, 0.1) is 0 Å². The highest BCUT2D eigenvalue weighted by atomic mass is 16.5. The van der Waals surface area contributed by atoms with Crippen LogP contribution in [0.1, 0.15) is 32.4 Å². The third-order valence-electron chi connectivity index (χ3n) is 3.26. The van der Waals surface area contributed by atoms with Gasteiger partial charge >= 0.3 is 0 Å². The highest BCUT2D eigenvalue weighted by molar-refractivity contribution is 5.87. The Morgan fingerprint density at radius 3 is 2.90 bits per heavy atom. The van der Waals surface area contributed by atoms with E-state index < -0.39 is 0 Å². The summed E-state index contributed by atoms with van der Waals surface area (Å²) >= 11 is 0. The molecule has 0 unspecified atom stereocenters. The summed E-state index contributed by atoms with van der Waals surface area (Å²) in [6, 6.07) is 10.4. The molecule has 2 rings (SSSR count). The van der Waals surface area contributed by atoms with Crippen molar-refractivity contribution in [2.75, 3.05) is 13.2 Å². The van der Waals surface area contributed by atoms with E-state index in [1.165, 1.54) is 5.39 Å². The van der Waals surface area contributed by atoms with Crippen molar-refractivity contribution in [3.05, 3.63) is 48.2 Å². The van der Waals surface area contributed by atoms with Crippen LogP contribution in [0.2, 0.25) is 0 Å². The fraction of sp³-hybridized carbons (Fsp3) is 0.389. The number of pyridine rings is 1. The van der Waals surface area contributed by atoms with E-state index in [0.717, 1.165) is 48.5 Å². The Morgan fingerprint density at radius 1 is 1.33 bits per heavy atom. The zero-order chi connectivity index (χ0) is 15.1. The lowest BCUT2D eigenvalue weighted by molar-refractivity contribution is 0.312. The quantitative estimate of drug-likeness (QED) is 0.586. The van der Waals surface area contributed by atoms with Gasteiger partial charge < -0.3 is 10.1 Å². The second kappa shape index (κ2) is 7.79. The average Bonchev–Trinajstić information content (AvgIpc) is 2.47. The molecule has 0 fully saturated rings. The summed E-state index contributed by atoms with van der Waals surface area (Å²) in [4.78, 5) is 4.66. The molecule has 0 saturated heterocycles. The summed E-state index contributed by atoms with van der Waals surface area (Å²) in [5.74, 6) is 0.725. The molecule has 0 spiro atoms. The molecule has 0 aliphatic carbocycles. The molecule has 0 bridgehead atoms. The predicted octanol–water partition coefficient (Wildman–Crippen LogP) is 4.08. The van der Waals surface area contributed by atoms with Crippen LogP contribution < -0.4 is 10.1 Å². The molecule has 1 aromatic heterocycles. The van der Waals surface area contributed by atoms with Crippen molar-refractivity contribution in [2.45, 2.75) is 33.2 Å². The molecule has 21 heavy (non-hydrogen) atoms.